The van der Waals surface area contributed by atoms with E-state index in [0.29, 0.717) is 0 Å². The third-order valence-corrected chi connectivity index (χ3v) is 7.57. The van der Waals surface area contributed by atoms with Crippen LogP contribution in [0.15, 0.2) is 52.4 Å². The second-order valence-corrected chi connectivity index (χ2v) is 9.77. The molecule has 33 heavy (non-hydrogen) atoms. The number of carbonyl (C=O) groups is 1. The van der Waals surface area contributed by atoms with Crippen molar-refractivity contribution in [3.63, 3.8) is 0 Å². The number of nitriles is 1. The van der Waals surface area contributed by atoms with Crippen LogP contribution in [0.25, 0.3) is 11.7 Å². The zero-order chi connectivity index (χ0) is 22.8. The molecule has 0 saturated carbocycles. The van der Waals surface area contributed by atoms with Gasteiger partial charge in [0.1, 0.15) is 5.65 Å². The monoisotopic (exact) mass is 457 g/mol. The van der Waals surface area contributed by atoms with Crippen molar-refractivity contribution in [3.05, 3.63) is 69.9 Å². The number of carbonyl (C=O) groups excluding carboxylic acids is 1. The van der Waals surface area contributed by atoms with Gasteiger partial charge in [0.2, 0.25) is 0 Å². The van der Waals surface area contributed by atoms with Gasteiger partial charge in [-0.3, -0.25) is 9.20 Å². The number of aromatic nitrogens is 2. The predicted molar refractivity (Wildman–Crippen MR) is 131 cm³/mol. The van der Waals surface area contributed by atoms with Crippen LogP contribution in [-0.4, -0.2) is 45.9 Å². The number of hydrogen-bond acceptors (Lipinski definition) is 5. The Morgan fingerprint density at radius 1 is 1.21 bits per heavy atom. The van der Waals surface area contributed by atoms with Crippen molar-refractivity contribution in [3.8, 4) is 6.07 Å². The average Bonchev–Trinajstić information content (AvgIpc) is 3.17. The minimum atomic E-state index is 0.00964. The Bertz CT molecular complexity index is 1260. The summed E-state index contributed by atoms with van der Waals surface area (Å²) in [4.78, 5) is 20.8. The van der Waals surface area contributed by atoms with Crippen LogP contribution in [0.5, 0.6) is 0 Å². The third-order valence-electron chi connectivity index (χ3n) is 6.51. The van der Waals surface area contributed by atoms with Crippen molar-refractivity contribution in [2.45, 2.75) is 43.7 Å². The van der Waals surface area contributed by atoms with E-state index in [2.05, 4.69) is 25.7 Å². The molecule has 2 aromatic heterocycles. The maximum Gasteiger partial charge on any atom is 0.258 e. The molecule has 6 nitrogen and oxygen atoms in total. The first kappa shape index (κ1) is 21.7. The summed E-state index contributed by atoms with van der Waals surface area (Å²) in [6.45, 7) is 4.99. The maximum atomic E-state index is 13.0. The van der Waals surface area contributed by atoms with Crippen LogP contribution in [0.4, 0.5) is 0 Å². The average molecular weight is 458 g/mol. The van der Waals surface area contributed by atoms with Crippen LogP contribution in [0.2, 0.25) is 0 Å². The topological polar surface area (TPSA) is 73.4 Å². The number of thioether (sulfide) groups is 1. The van der Waals surface area contributed by atoms with Gasteiger partial charge >= 0.3 is 0 Å². The zero-order valence-corrected chi connectivity index (χ0v) is 19.6. The van der Waals surface area contributed by atoms with E-state index in [0.717, 1.165) is 83.4 Å². The Morgan fingerprint density at radius 2 is 2.03 bits per heavy atom. The summed E-state index contributed by atoms with van der Waals surface area (Å²) in [6.07, 6.45) is 5.86. The van der Waals surface area contributed by atoms with Gasteiger partial charge in [-0.25, -0.2) is 4.98 Å². The molecule has 1 amide bonds. The SMILES string of the molecule is Cc1nc2cccc3n2c1C=C(C(=O)NC1CCN(CCCc2ccccc2C#N)CC1)S3. The van der Waals surface area contributed by atoms with Gasteiger partial charge in [-0.1, -0.05) is 36.0 Å². The van der Waals surface area contributed by atoms with E-state index in [9.17, 15) is 10.1 Å². The Hall–Kier alpha value is -3.08. The number of nitrogens with one attached hydrogen (secondary N) is 1. The zero-order valence-electron chi connectivity index (χ0n) is 18.8. The van der Waals surface area contributed by atoms with Crippen molar-refractivity contribution in [1.29, 1.82) is 5.26 Å². The van der Waals surface area contributed by atoms with Gasteiger partial charge in [0.05, 0.1) is 33.0 Å². The van der Waals surface area contributed by atoms with Gasteiger partial charge < -0.3 is 10.2 Å². The molecule has 3 aromatic rings. The molecule has 7 heteroatoms. The van der Waals surface area contributed by atoms with Crippen LogP contribution in [0.3, 0.4) is 0 Å². The summed E-state index contributed by atoms with van der Waals surface area (Å²) in [5, 5.41) is 13.5. The van der Waals surface area contributed by atoms with Gasteiger partial charge in [-0.05, 0) is 69.0 Å². The Balaban J connectivity index is 1.12. The standard InChI is InChI=1S/C26H27N5OS/c1-18-22-16-23(33-25-10-4-9-24(28-18)31(22)25)26(32)29-21-11-14-30(15-12-21)13-5-8-19-6-2-3-7-20(19)17-27/h2-4,6-7,9-10,16,21H,5,8,11-15H2,1H3,(H,29,32). The smallest absolute Gasteiger partial charge is 0.258 e. The fourth-order valence-corrected chi connectivity index (χ4v) is 5.70. The molecule has 5 rings (SSSR count). The molecule has 0 bridgehead atoms. The van der Waals surface area contributed by atoms with E-state index in [1.54, 1.807) is 0 Å². The molecule has 2 aliphatic heterocycles. The summed E-state index contributed by atoms with van der Waals surface area (Å²) in [5.41, 5.74) is 4.78. The van der Waals surface area contributed by atoms with Crippen molar-refractivity contribution < 1.29 is 4.79 Å². The number of aryl methyl sites for hydroxylation is 2. The van der Waals surface area contributed by atoms with E-state index in [1.807, 2.05) is 55.5 Å². The summed E-state index contributed by atoms with van der Waals surface area (Å²) in [7, 11) is 0. The highest BCUT2D eigenvalue weighted by molar-refractivity contribution is 8.04. The van der Waals surface area contributed by atoms with Crippen molar-refractivity contribution >= 4 is 29.4 Å². The van der Waals surface area contributed by atoms with Crippen molar-refractivity contribution in [2.75, 3.05) is 19.6 Å². The molecule has 0 unspecified atom stereocenters. The van der Waals surface area contributed by atoms with Gasteiger partial charge in [0, 0.05) is 19.1 Å². The summed E-state index contributed by atoms with van der Waals surface area (Å²) in [5.74, 6) is 0.00964. The number of rotatable bonds is 6. The van der Waals surface area contributed by atoms with Crippen LogP contribution >= 0.6 is 11.8 Å². The molecular weight excluding hydrogens is 430 g/mol. The molecule has 4 heterocycles. The Kier molecular flexibility index (Phi) is 6.21. The van der Waals surface area contributed by atoms with Gasteiger partial charge in [0.15, 0.2) is 0 Å². The largest absolute Gasteiger partial charge is 0.349 e. The highest BCUT2D eigenvalue weighted by Gasteiger charge is 2.25. The number of imidazole rings is 1. The number of likely N-dealkylation sites (tertiary alicyclic amines) is 1. The quantitative estimate of drug-likeness (QED) is 0.601. The normalized spacial score (nSPS) is 16.4. The van der Waals surface area contributed by atoms with Crippen LogP contribution in [0.1, 0.15) is 41.8 Å². The van der Waals surface area contributed by atoms with Crippen molar-refractivity contribution in [2.24, 2.45) is 0 Å². The fraction of sp³-hybridized carbons (Fsp3) is 0.346. The predicted octanol–water partition coefficient (Wildman–Crippen LogP) is 4.17. The van der Waals surface area contributed by atoms with Crippen LogP contribution in [0, 0.1) is 18.3 Å². The first-order valence-electron chi connectivity index (χ1n) is 11.5. The van der Waals surface area contributed by atoms with Crippen LogP contribution < -0.4 is 5.32 Å². The second kappa shape index (κ2) is 9.42. The number of piperidine rings is 1. The van der Waals surface area contributed by atoms with Gasteiger partial charge in [-0.15, -0.1) is 0 Å². The third kappa shape index (κ3) is 4.54. The number of benzene rings is 1. The first-order valence-corrected chi connectivity index (χ1v) is 12.3. The molecule has 0 radical (unpaired) electrons. The number of pyridine rings is 1. The Labute approximate surface area is 198 Å². The summed E-state index contributed by atoms with van der Waals surface area (Å²) in [6, 6.07) is 16.4. The van der Waals surface area contributed by atoms with E-state index in [4.69, 9.17) is 0 Å². The molecule has 0 atom stereocenters. The molecule has 1 fully saturated rings. The van der Waals surface area contributed by atoms with E-state index in [-0.39, 0.29) is 11.9 Å². The lowest BCUT2D eigenvalue weighted by Gasteiger charge is -2.32. The van der Waals surface area contributed by atoms with Crippen molar-refractivity contribution in [1.82, 2.24) is 19.6 Å². The summed E-state index contributed by atoms with van der Waals surface area (Å²) >= 11 is 1.51. The summed E-state index contributed by atoms with van der Waals surface area (Å²) < 4.78 is 2.12. The lowest BCUT2D eigenvalue weighted by Crippen LogP contribution is -2.45. The molecule has 1 saturated heterocycles. The number of amides is 1. The van der Waals surface area contributed by atoms with Gasteiger partial charge in [0.25, 0.3) is 5.91 Å². The fourth-order valence-electron chi connectivity index (χ4n) is 4.72. The second-order valence-electron chi connectivity index (χ2n) is 8.71. The number of hydrogen-bond donors (Lipinski definition) is 1. The molecule has 1 N–H and O–H groups in total. The molecule has 2 aliphatic rings. The molecular formula is C26H27N5OS. The molecule has 0 aliphatic carbocycles. The minimum absolute atomic E-state index is 0.00964. The lowest BCUT2D eigenvalue weighted by molar-refractivity contribution is -0.117. The lowest BCUT2D eigenvalue weighted by atomic mass is 10.0. The highest BCUT2D eigenvalue weighted by atomic mass is 32.2. The molecule has 1 aromatic carbocycles. The first-order chi connectivity index (χ1) is 16.1. The highest BCUT2D eigenvalue weighted by Crippen LogP contribution is 2.35. The van der Waals surface area contributed by atoms with Crippen LogP contribution in [-0.2, 0) is 11.2 Å². The van der Waals surface area contributed by atoms with Gasteiger partial charge in [-0.2, -0.15) is 5.26 Å². The Morgan fingerprint density at radius 3 is 2.85 bits per heavy atom. The molecule has 168 valence electrons. The van der Waals surface area contributed by atoms with E-state index < -0.39 is 0 Å². The van der Waals surface area contributed by atoms with E-state index >= 15 is 0 Å². The molecule has 0 spiro atoms. The minimum Gasteiger partial charge on any atom is -0.349 e. The maximum absolute atomic E-state index is 13.0. The number of nitrogens with zero attached hydrogens (tertiary/aromatic N) is 4. The van der Waals surface area contributed by atoms with E-state index in [1.165, 1.54) is 11.8 Å².